The number of hydrogen-bond donors (Lipinski definition) is 0. The van der Waals surface area contributed by atoms with Crippen molar-refractivity contribution in [1.82, 2.24) is 4.98 Å². The third kappa shape index (κ3) is 2.35. The molecule has 0 saturated carbocycles. The van der Waals surface area contributed by atoms with Gasteiger partial charge in [0.25, 0.3) is 6.33 Å². The van der Waals surface area contributed by atoms with E-state index in [2.05, 4.69) is 82.6 Å². The Balaban J connectivity index is 1.97. The molecule has 1 aromatic heterocycles. The molecule has 2 heterocycles. The van der Waals surface area contributed by atoms with E-state index in [0.29, 0.717) is 0 Å². The van der Waals surface area contributed by atoms with Gasteiger partial charge in [0, 0.05) is 15.4 Å². The number of benzene rings is 3. The molecule has 0 radical (unpaired) electrons. The maximum absolute atomic E-state index is 4.80. The van der Waals surface area contributed by atoms with Crippen molar-refractivity contribution in [2.75, 3.05) is 0 Å². The molecule has 140 valence electrons. The molecule has 4 aromatic rings. The third-order valence-electron chi connectivity index (χ3n) is 6.03. The van der Waals surface area contributed by atoms with Gasteiger partial charge < -0.3 is 0 Å². The molecule has 1 aliphatic rings. The van der Waals surface area contributed by atoms with E-state index in [1.165, 1.54) is 53.9 Å². The fraction of sp³-hybridized carbons (Fsp3) is 0.280. The zero-order chi connectivity index (χ0) is 19.8. The molecule has 0 amide bonds. The average Bonchev–Trinajstić information content (AvgIpc) is 2.67. The Hall–Kier alpha value is -2.39. The first-order valence-corrected chi connectivity index (χ1v) is 10.6. The number of rotatable bonds is 0. The topological polar surface area (TPSA) is 16.8 Å². The van der Waals surface area contributed by atoms with E-state index >= 15 is 0 Å². The summed E-state index contributed by atoms with van der Waals surface area (Å²) in [7, 11) is 2.12. The average molecular weight is 386 g/mol. The van der Waals surface area contributed by atoms with Crippen LogP contribution in [0.5, 0.6) is 0 Å². The number of aryl methyl sites for hydroxylation is 3. The highest BCUT2D eigenvalue weighted by atomic mass is 32.2. The SMILES string of the molecule is Cc1c2c(c(C)c3ccccc13)-c1c3c(cc(C(C)(C)C)cc3nc[n+]1C)S2. The van der Waals surface area contributed by atoms with Crippen molar-refractivity contribution in [2.45, 2.75) is 49.8 Å². The number of aromatic nitrogens is 2. The van der Waals surface area contributed by atoms with Crippen LogP contribution >= 0.6 is 11.8 Å². The van der Waals surface area contributed by atoms with Crippen molar-refractivity contribution in [2.24, 2.45) is 7.05 Å². The zero-order valence-corrected chi connectivity index (χ0v) is 18.2. The van der Waals surface area contributed by atoms with Gasteiger partial charge in [-0.15, -0.1) is 0 Å². The molecule has 0 bridgehead atoms. The van der Waals surface area contributed by atoms with Gasteiger partial charge in [0.1, 0.15) is 5.69 Å². The van der Waals surface area contributed by atoms with Crippen molar-refractivity contribution in [3.8, 4) is 11.3 Å². The summed E-state index contributed by atoms with van der Waals surface area (Å²) in [6.07, 6.45) is 1.97. The second kappa shape index (κ2) is 5.81. The summed E-state index contributed by atoms with van der Waals surface area (Å²) in [5, 5.41) is 3.99. The van der Waals surface area contributed by atoms with Gasteiger partial charge >= 0.3 is 0 Å². The molecule has 0 saturated heterocycles. The first kappa shape index (κ1) is 17.7. The van der Waals surface area contributed by atoms with E-state index < -0.39 is 0 Å². The minimum Gasteiger partial charge on any atom is -0.232 e. The Bertz CT molecular complexity index is 1300. The van der Waals surface area contributed by atoms with E-state index in [-0.39, 0.29) is 5.41 Å². The molecular formula is C25H25N2S+. The largest absolute Gasteiger partial charge is 0.287 e. The molecule has 0 unspecified atom stereocenters. The second-order valence-corrected chi connectivity index (χ2v) is 9.98. The Morgan fingerprint density at radius 3 is 2.32 bits per heavy atom. The maximum atomic E-state index is 4.80. The molecule has 0 aliphatic carbocycles. The fourth-order valence-electron chi connectivity index (χ4n) is 4.41. The van der Waals surface area contributed by atoms with E-state index in [9.17, 15) is 0 Å². The summed E-state index contributed by atoms with van der Waals surface area (Å²) in [4.78, 5) is 7.51. The van der Waals surface area contributed by atoms with Gasteiger partial charge in [-0.25, -0.2) is 4.57 Å². The fourth-order valence-corrected chi connectivity index (χ4v) is 5.74. The lowest BCUT2D eigenvalue weighted by Crippen LogP contribution is -2.33. The van der Waals surface area contributed by atoms with Crippen LogP contribution in [-0.4, -0.2) is 4.98 Å². The standard InChI is InChI=1S/C25H25N2S/c1-14-17-9-7-8-10-18(17)15(2)24-21(14)23-22-19(26-13-27(23)6)11-16(25(3,4)5)12-20(22)28-24/h7-13H,1-6H3/q+1. The van der Waals surface area contributed by atoms with Crippen LogP contribution in [0.2, 0.25) is 0 Å². The van der Waals surface area contributed by atoms with Gasteiger partial charge in [-0.1, -0.05) is 56.8 Å². The Morgan fingerprint density at radius 2 is 1.64 bits per heavy atom. The third-order valence-corrected chi connectivity index (χ3v) is 7.29. The van der Waals surface area contributed by atoms with Gasteiger partial charge in [0.2, 0.25) is 0 Å². The zero-order valence-electron chi connectivity index (χ0n) is 17.3. The van der Waals surface area contributed by atoms with Crippen LogP contribution in [0.25, 0.3) is 32.9 Å². The molecular weight excluding hydrogens is 360 g/mol. The lowest BCUT2D eigenvalue weighted by atomic mass is 9.85. The molecule has 5 rings (SSSR count). The van der Waals surface area contributed by atoms with Crippen LogP contribution in [0.4, 0.5) is 0 Å². The monoisotopic (exact) mass is 385 g/mol. The van der Waals surface area contributed by atoms with Crippen LogP contribution in [0, 0.1) is 13.8 Å². The Morgan fingerprint density at radius 1 is 0.964 bits per heavy atom. The lowest BCUT2D eigenvalue weighted by molar-refractivity contribution is -0.662. The normalized spacial score (nSPS) is 13.2. The molecule has 0 fully saturated rings. The van der Waals surface area contributed by atoms with Crippen LogP contribution in [0.15, 0.2) is 52.5 Å². The van der Waals surface area contributed by atoms with Crippen LogP contribution in [0.1, 0.15) is 37.5 Å². The molecule has 2 nitrogen and oxygen atoms in total. The predicted octanol–water partition coefficient (Wildman–Crippen LogP) is 6.26. The summed E-state index contributed by atoms with van der Waals surface area (Å²) in [6.45, 7) is 11.4. The lowest BCUT2D eigenvalue weighted by Gasteiger charge is -2.26. The molecule has 28 heavy (non-hydrogen) atoms. The number of nitrogens with zero attached hydrogens (tertiary/aromatic N) is 2. The van der Waals surface area contributed by atoms with Gasteiger partial charge in [-0.2, -0.15) is 0 Å². The molecule has 0 N–H and O–H groups in total. The van der Waals surface area contributed by atoms with Gasteiger partial charge in [0.05, 0.1) is 12.4 Å². The second-order valence-electron chi connectivity index (χ2n) is 8.92. The molecule has 1 aliphatic heterocycles. The van der Waals surface area contributed by atoms with Crippen molar-refractivity contribution >= 4 is 33.4 Å². The number of fused-ring (bicyclic) bond motifs is 3. The highest BCUT2D eigenvalue weighted by Gasteiger charge is 2.31. The highest BCUT2D eigenvalue weighted by molar-refractivity contribution is 7.99. The summed E-state index contributed by atoms with van der Waals surface area (Å²) in [6, 6.07) is 13.4. The van der Waals surface area contributed by atoms with Crippen LogP contribution in [0.3, 0.4) is 0 Å². The van der Waals surface area contributed by atoms with Crippen LogP contribution in [-0.2, 0) is 12.5 Å². The van der Waals surface area contributed by atoms with Gasteiger partial charge in [-0.3, -0.25) is 0 Å². The number of hydrogen-bond acceptors (Lipinski definition) is 2. The van der Waals surface area contributed by atoms with E-state index in [4.69, 9.17) is 4.98 Å². The predicted molar refractivity (Wildman–Crippen MR) is 118 cm³/mol. The van der Waals surface area contributed by atoms with Crippen LogP contribution < -0.4 is 4.57 Å². The quantitative estimate of drug-likeness (QED) is 0.293. The van der Waals surface area contributed by atoms with Crippen molar-refractivity contribution in [1.29, 1.82) is 0 Å². The molecule has 3 heteroatoms. The smallest absolute Gasteiger partial charge is 0.232 e. The van der Waals surface area contributed by atoms with Crippen molar-refractivity contribution < 1.29 is 4.57 Å². The summed E-state index contributed by atoms with van der Waals surface area (Å²) < 4.78 is 2.20. The highest BCUT2D eigenvalue weighted by Crippen LogP contribution is 2.51. The minimum absolute atomic E-state index is 0.0970. The summed E-state index contributed by atoms with van der Waals surface area (Å²) in [5.74, 6) is 0. The minimum atomic E-state index is 0.0970. The molecule has 0 atom stereocenters. The van der Waals surface area contributed by atoms with E-state index in [1.807, 2.05) is 18.1 Å². The maximum Gasteiger partial charge on any atom is 0.287 e. The first-order valence-electron chi connectivity index (χ1n) is 9.80. The Labute approximate surface area is 170 Å². The first-order chi connectivity index (χ1) is 13.3. The summed E-state index contributed by atoms with van der Waals surface area (Å²) in [5.41, 5.74) is 7.93. The molecule has 0 spiro atoms. The Kier molecular flexibility index (Phi) is 3.67. The van der Waals surface area contributed by atoms with E-state index in [0.717, 1.165) is 5.52 Å². The van der Waals surface area contributed by atoms with E-state index in [1.54, 1.807) is 0 Å². The molecule has 3 aromatic carbocycles. The summed E-state index contributed by atoms with van der Waals surface area (Å²) >= 11 is 1.92. The van der Waals surface area contributed by atoms with Crippen molar-refractivity contribution in [3.63, 3.8) is 0 Å². The van der Waals surface area contributed by atoms with Gasteiger partial charge in [-0.05, 0) is 63.8 Å². The van der Waals surface area contributed by atoms with Gasteiger partial charge in [0.15, 0.2) is 5.52 Å². The van der Waals surface area contributed by atoms with Crippen molar-refractivity contribution in [3.05, 3.63) is 59.4 Å².